The fourth-order valence-corrected chi connectivity index (χ4v) is 2.48. The molecule has 0 atom stereocenters. The van der Waals surface area contributed by atoms with Crippen molar-refractivity contribution < 1.29 is 42.5 Å². The molecule has 5 heteroatoms. The Labute approximate surface area is 119 Å². The van der Waals surface area contributed by atoms with Crippen LogP contribution in [0.2, 0.25) is 0 Å². The second kappa shape index (κ2) is 5.65. The predicted octanol–water partition coefficient (Wildman–Crippen LogP) is -0.665. The van der Waals surface area contributed by atoms with E-state index < -0.39 is 10.1 Å². The number of hydrogen-bond acceptors (Lipinski definition) is 3. The summed E-state index contributed by atoms with van der Waals surface area (Å²) in [6.07, 6.45) is 0. The van der Waals surface area contributed by atoms with Gasteiger partial charge in [0.2, 0.25) is 0 Å². The molecule has 0 saturated heterocycles. The molecule has 0 saturated carbocycles. The van der Waals surface area contributed by atoms with Crippen LogP contribution in [0.15, 0.2) is 17.0 Å². The van der Waals surface area contributed by atoms with Gasteiger partial charge in [0.1, 0.15) is 10.1 Å². The molecule has 3 nitrogen and oxygen atoms in total. The quantitative estimate of drug-likeness (QED) is 0.517. The fourth-order valence-electron chi connectivity index (χ4n) is 1.70. The molecule has 0 heterocycles. The molecule has 0 N–H and O–H groups in total. The van der Waals surface area contributed by atoms with Crippen LogP contribution in [-0.4, -0.2) is 13.0 Å². The van der Waals surface area contributed by atoms with E-state index in [1.165, 1.54) is 6.07 Å². The van der Waals surface area contributed by atoms with E-state index in [4.69, 9.17) is 0 Å². The average Bonchev–Trinajstić information content (AvgIpc) is 2.06. The number of hydrogen-bond donors (Lipinski definition) is 0. The van der Waals surface area contributed by atoms with Crippen molar-refractivity contribution in [2.24, 2.45) is 0 Å². The van der Waals surface area contributed by atoms with E-state index in [-0.39, 0.29) is 34.5 Å². The normalized spacial score (nSPS) is 11.4. The van der Waals surface area contributed by atoms with Crippen LogP contribution in [0.3, 0.4) is 0 Å². The van der Waals surface area contributed by atoms with Crippen molar-refractivity contribution in [1.29, 1.82) is 0 Å². The largest absolute Gasteiger partial charge is 1.00 e. The predicted molar refractivity (Wildman–Crippen MR) is 58.0 cm³/mol. The van der Waals surface area contributed by atoms with Gasteiger partial charge >= 0.3 is 29.6 Å². The molecule has 0 fully saturated rings. The molecule has 0 unspecified atom stereocenters. The molecule has 0 aliphatic rings. The molecule has 1 aromatic carbocycles. The first-order chi connectivity index (χ1) is 6.73. The van der Waals surface area contributed by atoms with Gasteiger partial charge in [-0.25, -0.2) is 8.42 Å². The molecular formula is C11H15NaO3S. The van der Waals surface area contributed by atoms with Crippen LogP contribution in [0.1, 0.15) is 36.5 Å². The Hall–Kier alpha value is 0.130. The Balaban J connectivity index is 0.00000225. The van der Waals surface area contributed by atoms with Gasteiger partial charge in [0.05, 0.1) is 4.90 Å². The smallest absolute Gasteiger partial charge is 0.744 e. The molecule has 0 aliphatic carbocycles. The second-order valence-electron chi connectivity index (χ2n) is 4.08. The van der Waals surface area contributed by atoms with Crippen molar-refractivity contribution in [2.45, 2.75) is 38.5 Å². The molecule has 84 valence electrons. The van der Waals surface area contributed by atoms with Crippen molar-refractivity contribution in [3.05, 3.63) is 28.8 Å². The summed E-state index contributed by atoms with van der Waals surface area (Å²) in [5.41, 5.74) is 2.46. The standard InChI is InChI=1S/C11H16O3S.Na/c1-7(2)10-5-9(4)11(6-8(10)3)15(12,13)14;/h5-7H,1-4H3,(H,12,13,14);/q;+1/p-1. The van der Waals surface area contributed by atoms with E-state index in [2.05, 4.69) is 0 Å². The minimum Gasteiger partial charge on any atom is -0.744 e. The van der Waals surface area contributed by atoms with Gasteiger partial charge in [-0.1, -0.05) is 19.9 Å². The van der Waals surface area contributed by atoms with E-state index in [0.29, 0.717) is 11.5 Å². The van der Waals surface area contributed by atoms with Crippen molar-refractivity contribution in [3.63, 3.8) is 0 Å². The zero-order valence-electron chi connectivity index (χ0n) is 10.4. The van der Waals surface area contributed by atoms with Crippen LogP contribution >= 0.6 is 0 Å². The van der Waals surface area contributed by atoms with E-state index in [0.717, 1.165) is 11.1 Å². The number of rotatable bonds is 2. The van der Waals surface area contributed by atoms with Crippen LogP contribution in [0, 0.1) is 13.8 Å². The number of benzene rings is 1. The summed E-state index contributed by atoms with van der Waals surface area (Å²) in [4.78, 5) is -0.107. The summed E-state index contributed by atoms with van der Waals surface area (Å²) in [6, 6.07) is 3.25. The van der Waals surface area contributed by atoms with E-state index in [1.807, 2.05) is 20.8 Å². The molecule has 0 radical (unpaired) electrons. The van der Waals surface area contributed by atoms with Crippen LogP contribution in [0.5, 0.6) is 0 Å². The van der Waals surface area contributed by atoms with Gasteiger partial charge < -0.3 is 4.55 Å². The first kappa shape index (κ1) is 16.1. The zero-order valence-corrected chi connectivity index (χ0v) is 13.2. The molecule has 1 aromatic rings. The monoisotopic (exact) mass is 250 g/mol. The topological polar surface area (TPSA) is 57.2 Å². The molecule has 0 aromatic heterocycles. The van der Waals surface area contributed by atoms with Gasteiger partial charge in [-0.3, -0.25) is 0 Å². The molecular weight excluding hydrogens is 235 g/mol. The Bertz CT molecular complexity index is 478. The van der Waals surface area contributed by atoms with Gasteiger partial charge in [-0.15, -0.1) is 0 Å². The maximum atomic E-state index is 10.9. The van der Waals surface area contributed by atoms with Crippen LogP contribution in [0.4, 0.5) is 0 Å². The summed E-state index contributed by atoms with van der Waals surface area (Å²) in [5, 5.41) is 0. The maximum Gasteiger partial charge on any atom is 1.00 e. The van der Waals surface area contributed by atoms with Crippen LogP contribution in [-0.2, 0) is 10.1 Å². The van der Waals surface area contributed by atoms with Crippen molar-refractivity contribution >= 4 is 10.1 Å². The van der Waals surface area contributed by atoms with E-state index in [1.54, 1.807) is 13.0 Å². The summed E-state index contributed by atoms with van der Waals surface area (Å²) in [6.45, 7) is 7.54. The average molecular weight is 250 g/mol. The first-order valence-electron chi connectivity index (χ1n) is 4.80. The Morgan fingerprint density at radius 1 is 1.12 bits per heavy atom. The summed E-state index contributed by atoms with van der Waals surface area (Å²) < 4.78 is 32.8. The first-order valence-corrected chi connectivity index (χ1v) is 6.21. The molecule has 0 bridgehead atoms. The summed E-state index contributed by atoms with van der Waals surface area (Å²) in [7, 11) is -4.35. The fraction of sp³-hybridized carbons (Fsp3) is 0.455. The Morgan fingerprint density at radius 3 is 2.00 bits per heavy atom. The third-order valence-corrected chi connectivity index (χ3v) is 3.43. The second-order valence-corrected chi connectivity index (χ2v) is 5.43. The number of aryl methyl sites for hydroxylation is 2. The third kappa shape index (κ3) is 3.57. The molecule has 1 rings (SSSR count). The van der Waals surface area contributed by atoms with Crippen molar-refractivity contribution in [1.82, 2.24) is 0 Å². The SMILES string of the molecule is Cc1cc(S(=O)(=O)[O-])c(C)cc1C(C)C.[Na+]. The van der Waals surface area contributed by atoms with Gasteiger partial charge in [0.25, 0.3) is 0 Å². The van der Waals surface area contributed by atoms with Gasteiger partial charge in [0.15, 0.2) is 0 Å². The van der Waals surface area contributed by atoms with Crippen molar-refractivity contribution in [3.8, 4) is 0 Å². The Morgan fingerprint density at radius 2 is 1.62 bits per heavy atom. The zero-order chi connectivity index (χ0) is 11.8. The molecule has 0 aliphatic heterocycles. The van der Waals surface area contributed by atoms with E-state index in [9.17, 15) is 13.0 Å². The van der Waals surface area contributed by atoms with Crippen LogP contribution < -0.4 is 29.6 Å². The van der Waals surface area contributed by atoms with Gasteiger partial charge in [0, 0.05) is 0 Å². The molecule has 16 heavy (non-hydrogen) atoms. The summed E-state index contributed by atoms with van der Waals surface area (Å²) in [5.74, 6) is 0.326. The molecule has 0 amide bonds. The Kier molecular flexibility index (Phi) is 5.69. The van der Waals surface area contributed by atoms with Gasteiger partial charge in [-0.05, 0) is 42.5 Å². The van der Waals surface area contributed by atoms with Crippen molar-refractivity contribution in [2.75, 3.05) is 0 Å². The van der Waals surface area contributed by atoms with E-state index >= 15 is 0 Å². The van der Waals surface area contributed by atoms with Gasteiger partial charge in [-0.2, -0.15) is 0 Å². The minimum absolute atomic E-state index is 0. The summed E-state index contributed by atoms with van der Waals surface area (Å²) >= 11 is 0. The third-order valence-electron chi connectivity index (χ3n) is 2.45. The van der Waals surface area contributed by atoms with Crippen LogP contribution in [0.25, 0.3) is 0 Å². The maximum absolute atomic E-state index is 10.9. The minimum atomic E-state index is -4.35. The molecule has 0 spiro atoms.